The number of benzene rings is 1. The van der Waals surface area contributed by atoms with Crippen LogP contribution in [0.4, 0.5) is 0 Å². The summed E-state index contributed by atoms with van der Waals surface area (Å²) in [5, 5.41) is 0. The summed E-state index contributed by atoms with van der Waals surface area (Å²) in [6.45, 7) is 8.69. The lowest BCUT2D eigenvalue weighted by Crippen LogP contribution is -2.51. The van der Waals surface area contributed by atoms with E-state index in [0.717, 1.165) is 51.4 Å². The molecule has 1 aromatic rings. The molecule has 0 radical (unpaired) electrons. The number of hydrogen-bond acceptors (Lipinski definition) is 4. The average molecular weight is 277 g/mol. The summed E-state index contributed by atoms with van der Waals surface area (Å²) in [4.78, 5) is 5.04. The summed E-state index contributed by atoms with van der Waals surface area (Å²) in [6.07, 6.45) is 1.11. The van der Waals surface area contributed by atoms with Crippen molar-refractivity contribution in [3.63, 3.8) is 0 Å². The molecule has 0 amide bonds. The Hall–Kier alpha value is -1.10. The van der Waals surface area contributed by atoms with E-state index in [4.69, 9.17) is 10.5 Å². The zero-order valence-corrected chi connectivity index (χ0v) is 12.7. The Kier molecular flexibility index (Phi) is 5.83. The minimum absolute atomic E-state index is 0.513. The number of nitrogens with two attached hydrogens (primary N) is 1. The number of piperazine rings is 1. The maximum Gasteiger partial charge on any atom is 0.118 e. The summed E-state index contributed by atoms with van der Waals surface area (Å²) in [5.74, 6) is 0.929. The quantitative estimate of drug-likeness (QED) is 0.848. The Morgan fingerprint density at radius 3 is 2.35 bits per heavy atom. The van der Waals surface area contributed by atoms with E-state index in [1.165, 1.54) is 5.56 Å². The summed E-state index contributed by atoms with van der Waals surface area (Å²) < 4.78 is 5.18. The van der Waals surface area contributed by atoms with Crippen molar-refractivity contribution < 1.29 is 4.74 Å². The monoisotopic (exact) mass is 277 g/mol. The summed E-state index contributed by atoms with van der Waals surface area (Å²) in [5.41, 5.74) is 7.11. The zero-order chi connectivity index (χ0) is 14.4. The lowest BCUT2D eigenvalue weighted by Gasteiger charge is -2.37. The molecule has 1 saturated heterocycles. The third-order valence-corrected chi connectivity index (χ3v) is 4.25. The molecule has 1 unspecified atom stereocenters. The second-order valence-corrected chi connectivity index (χ2v) is 5.56. The Morgan fingerprint density at radius 1 is 1.15 bits per heavy atom. The fourth-order valence-electron chi connectivity index (χ4n) is 2.66. The second-order valence-electron chi connectivity index (χ2n) is 5.56. The van der Waals surface area contributed by atoms with E-state index in [-0.39, 0.29) is 0 Å². The molecular weight excluding hydrogens is 250 g/mol. The summed E-state index contributed by atoms with van der Waals surface area (Å²) >= 11 is 0. The van der Waals surface area contributed by atoms with Crippen molar-refractivity contribution in [3.8, 4) is 5.75 Å². The molecule has 4 nitrogen and oxygen atoms in total. The van der Waals surface area contributed by atoms with Gasteiger partial charge in [-0.25, -0.2) is 0 Å². The maximum absolute atomic E-state index is 5.73. The molecule has 20 heavy (non-hydrogen) atoms. The van der Waals surface area contributed by atoms with Gasteiger partial charge in [0.15, 0.2) is 0 Å². The van der Waals surface area contributed by atoms with E-state index in [2.05, 4.69) is 28.9 Å². The number of methoxy groups -OCH3 is 1. The van der Waals surface area contributed by atoms with E-state index < -0.39 is 0 Å². The van der Waals surface area contributed by atoms with E-state index in [1.54, 1.807) is 7.11 Å². The second kappa shape index (κ2) is 7.62. The Balaban J connectivity index is 1.72. The van der Waals surface area contributed by atoms with Crippen molar-refractivity contribution in [2.24, 2.45) is 5.73 Å². The highest BCUT2D eigenvalue weighted by molar-refractivity contribution is 5.27. The minimum Gasteiger partial charge on any atom is -0.497 e. The van der Waals surface area contributed by atoms with Gasteiger partial charge in [-0.2, -0.15) is 0 Å². The van der Waals surface area contributed by atoms with Crippen LogP contribution in [0.1, 0.15) is 12.5 Å². The van der Waals surface area contributed by atoms with Gasteiger partial charge < -0.3 is 15.4 Å². The number of ether oxygens (including phenoxy) is 1. The molecule has 4 heteroatoms. The topological polar surface area (TPSA) is 41.7 Å². The number of hydrogen-bond donors (Lipinski definition) is 1. The summed E-state index contributed by atoms with van der Waals surface area (Å²) in [6, 6.07) is 8.91. The molecule has 2 rings (SSSR count). The van der Waals surface area contributed by atoms with Gasteiger partial charge in [-0.05, 0) is 31.0 Å². The highest BCUT2D eigenvalue weighted by Gasteiger charge is 2.19. The Morgan fingerprint density at radius 2 is 1.80 bits per heavy atom. The van der Waals surface area contributed by atoms with Gasteiger partial charge in [0.25, 0.3) is 0 Å². The smallest absolute Gasteiger partial charge is 0.118 e. The molecular formula is C16H27N3O. The Bertz CT molecular complexity index is 385. The molecule has 1 heterocycles. The lowest BCUT2D eigenvalue weighted by atomic mass is 10.1. The predicted molar refractivity (Wildman–Crippen MR) is 83.2 cm³/mol. The van der Waals surface area contributed by atoms with Crippen LogP contribution in [0.3, 0.4) is 0 Å². The zero-order valence-electron chi connectivity index (χ0n) is 12.7. The average Bonchev–Trinajstić information content (AvgIpc) is 2.53. The minimum atomic E-state index is 0.513. The van der Waals surface area contributed by atoms with Crippen LogP contribution in [-0.2, 0) is 6.42 Å². The molecule has 0 aromatic heterocycles. The van der Waals surface area contributed by atoms with Gasteiger partial charge in [0, 0.05) is 45.3 Å². The first-order chi connectivity index (χ1) is 9.72. The molecule has 1 aliphatic heterocycles. The largest absolute Gasteiger partial charge is 0.497 e. The SMILES string of the molecule is COc1ccc(CCN2CCN(C(C)CN)CC2)cc1. The fraction of sp³-hybridized carbons (Fsp3) is 0.625. The van der Waals surface area contributed by atoms with Crippen LogP contribution >= 0.6 is 0 Å². The number of nitrogens with zero attached hydrogens (tertiary/aromatic N) is 2. The van der Waals surface area contributed by atoms with Gasteiger partial charge >= 0.3 is 0 Å². The third-order valence-electron chi connectivity index (χ3n) is 4.25. The van der Waals surface area contributed by atoms with Crippen LogP contribution in [0.25, 0.3) is 0 Å². The van der Waals surface area contributed by atoms with Gasteiger partial charge in [0.2, 0.25) is 0 Å². The highest BCUT2D eigenvalue weighted by Crippen LogP contribution is 2.12. The standard InChI is InChI=1S/C16H27N3O/c1-14(13-17)19-11-9-18(10-12-19)8-7-15-3-5-16(20-2)6-4-15/h3-6,14H,7-13,17H2,1-2H3. The molecule has 0 aliphatic carbocycles. The maximum atomic E-state index is 5.73. The summed E-state index contributed by atoms with van der Waals surface area (Å²) in [7, 11) is 1.71. The first-order valence-electron chi connectivity index (χ1n) is 7.52. The highest BCUT2D eigenvalue weighted by atomic mass is 16.5. The normalized spacial score (nSPS) is 18.9. The molecule has 1 aliphatic rings. The first-order valence-corrected chi connectivity index (χ1v) is 7.52. The van der Waals surface area contributed by atoms with Gasteiger partial charge in [-0.15, -0.1) is 0 Å². The molecule has 0 saturated carbocycles. The van der Waals surface area contributed by atoms with Crippen LogP contribution in [-0.4, -0.2) is 62.2 Å². The van der Waals surface area contributed by atoms with E-state index in [9.17, 15) is 0 Å². The lowest BCUT2D eigenvalue weighted by molar-refractivity contribution is 0.106. The van der Waals surface area contributed by atoms with E-state index >= 15 is 0 Å². The first kappa shape index (κ1) is 15.3. The van der Waals surface area contributed by atoms with Crippen molar-refractivity contribution in [2.45, 2.75) is 19.4 Å². The van der Waals surface area contributed by atoms with Crippen LogP contribution in [0.2, 0.25) is 0 Å². The molecule has 2 N–H and O–H groups in total. The molecule has 112 valence electrons. The van der Waals surface area contributed by atoms with Crippen LogP contribution < -0.4 is 10.5 Å². The van der Waals surface area contributed by atoms with E-state index in [0.29, 0.717) is 6.04 Å². The number of rotatable bonds is 6. The molecule has 1 fully saturated rings. The van der Waals surface area contributed by atoms with E-state index in [1.807, 2.05) is 12.1 Å². The molecule has 1 aromatic carbocycles. The van der Waals surface area contributed by atoms with Crippen molar-refractivity contribution in [1.29, 1.82) is 0 Å². The fourth-order valence-corrected chi connectivity index (χ4v) is 2.66. The van der Waals surface area contributed by atoms with Gasteiger partial charge in [-0.1, -0.05) is 12.1 Å². The Labute approximate surface area is 122 Å². The molecule has 0 spiro atoms. The van der Waals surface area contributed by atoms with Gasteiger partial charge in [0.1, 0.15) is 5.75 Å². The van der Waals surface area contributed by atoms with Crippen molar-refractivity contribution in [2.75, 3.05) is 46.4 Å². The molecule has 1 atom stereocenters. The molecule has 0 bridgehead atoms. The van der Waals surface area contributed by atoms with Crippen LogP contribution in [0.15, 0.2) is 24.3 Å². The van der Waals surface area contributed by atoms with Gasteiger partial charge in [0.05, 0.1) is 7.11 Å². The van der Waals surface area contributed by atoms with Crippen molar-refractivity contribution in [3.05, 3.63) is 29.8 Å². The van der Waals surface area contributed by atoms with Crippen molar-refractivity contribution in [1.82, 2.24) is 9.80 Å². The van der Waals surface area contributed by atoms with Crippen LogP contribution in [0.5, 0.6) is 5.75 Å². The predicted octanol–water partition coefficient (Wildman–Crippen LogP) is 1.20. The third kappa shape index (κ3) is 4.20. The van der Waals surface area contributed by atoms with Crippen molar-refractivity contribution >= 4 is 0 Å². The van der Waals surface area contributed by atoms with Crippen LogP contribution in [0, 0.1) is 0 Å². The van der Waals surface area contributed by atoms with Gasteiger partial charge in [-0.3, -0.25) is 4.90 Å².